The van der Waals surface area contributed by atoms with Crippen LogP contribution in [-0.4, -0.2) is 44.1 Å². The summed E-state index contributed by atoms with van der Waals surface area (Å²) in [6.45, 7) is 8.19. The van der Waals surface area contributed by atoms with Crippen LogP contribution in [0.3, 0.4) is 0 Å². The van der Waals surface area contributed by atoms with E-state index in [4.69, 9.17) is 0 Å². The average molecular weight is 683 g/mol. The number of rotatable bonds is 4. The van der Waals surface area contributed by atoms with Crippen LogP contribution in [-0.2, 0) is 19.7 Å². The highest BCUT2D eigenvalue weighted by Crippen LogP contribution is 2.76. The summed E-state index contributed by atoms with van der Waals surface area (Å²) in [7, 11) is -10.2. The lowest BCUT2D eigenvalue weighted by atomic mass is 9.62. The molecular formula is C34H32F6O4S2. The van der Waals surface area contributed by atoms with Crippen molar-refractivity contribution in [2.75, 3.05) is 0 Å². The molecule has 6 rings (SSSR count). The molecule has 46 heavy (non-hydrogen) atoms. The van der Waals surface area contributed by atoms with Crippen LogP contribution < -0.4 is 0 Å². The molecule has 1 saturated carbocycles. The Morgan fingerprint density at radius 3 is 1.28 bits per heavy atom. The van der Waals surface area contributed by atoms with E-state index < -0.39 is 108 Å². The molecule has 2 heterocycles. The number of sulfone groups is 2. The largest absolute Gasteiger partial charge is 0.380 e. The third-order valence-corrected chi connectivity index (χ3v) is 15.5. The maximum absolute atomic E-state index is 16.3. The maximum atomic E-state index is 16.3. The van der Waals surface area contributed by atoms with Crippen LogP contribution in [0.4, 0.5) is 26.3 Å². The second-order valence-corrected chi connectivity index (χ2v) is 17.8. The second kappa shape index (κ2) is 9.27. The number of hydrogen-bond donors (Lipinski definition) is 0. The van der Waals surface area contributed by atoms with E-state index in [1.54, 1.807) is 32.9 Å². The first-order valence-electron chi connectivity index (χ1n) is 14.7. The summed E-state index contributed by atoms with van der Waals surface area (Å²) in [6.07, 6.45) is -1.34. The van der Waals surface area contributed by atoms with Gasteiger partial charge in [-0.05, 0) is 65.5 Å². The predicted octanol–water partition coefficient (Wildman–Crippen LogP) is 8.56. The standard InChI is InChI=1S/C34H32F6O4S2/c1-7-30-23(19(2)27(45(30,41)42)21-14-10-8-11-15-21)25-26(33(37,38)34(39,40)32(25,35)36)24-20(3)28(22-16-12-9-13-17-22)46(43,44)31(24,30)18-29(4,5)6/h8-17H,7,18H2,1-6H3. The summed E-state index contributed by atoms with van der Waals surface area (Å²) < 4.78 is 152. The molecule has 2 aliphatic heterocycles. The van der Waals surface area contributed by atoms with Gasteiger partial charge in [0.15, 0.2) is 19.7 Å². The zero-order valence-corrected chi connectivity index (χ0v) is 27.5. The number of benzene rings is 2. The van der Waals surface area contributed by atoms with Gasteiger partial charge in [-0.25, -0.2) is 16.8 Å². The molecular weight excluding hydrogens is 650 g/mol. The van der Waals surface area contributed by atoms with Crippen molar-refractivity contribution in [1.29, 1.82) is 0 Å². The Morgan fingerprint density at radius 1 is 0.587 bits per heavy atom. The van der Waals surface area contributed by atoms with E-state index in [0.717, 1.165) is 13.8 Å². The Kier molecular flexibility index (Phi) is 6.61. The third-order valence-electron chi connectivity index (χ3n) is 9.86. The fourth-order valence-electron chi connectivity index (χ4n) is 8.51. The van der Waals surface area contributed by atoms with Crippen molar-refractivity contribution < 1.29 is 43.2 Å². The summed E-state index contributed by atoms with van der Waals surface area (Å²) in [5.74, 6) is -17.1. The molecule has 2 aromatic carbocycles. The zero-order chi connectivity index (χ0) is 34.3. The van der Waals surface area contributed by atoms with Crippen molar-refractivity contribution in [1.82, 2.24) is 0 Å². The Hall–Kier alpha value is -3.12. The molecule has 0 saturated heterocycles. The van der Waals surface area contributed by atoms with Crippen molar-refractivity contribution in [2.24, 2.45) is 5.41 Å². The Balaban J connectivity index is 1.98. The van der Waals surface area contributed by atoms with Crippen LogP contribution in [0, 0.1) is 5.41 Å². The summed E-state index contributed by atoms with van der Waals surface area (Å²) in [5, 5.41) is 0. The third kappa shape index (κ3) is 3.37. The number of hydrogen-bond acceptors (Lipinski definition) is 4. The summed E-state index contributed by atoms with van der Waals surface area (Å²) in [6, 6.07) is 14.5. The van der Waals surface area contributed by atoms with Crippen molar-refractivity contribution in [3.63, 3.8) is 0 Å². The molecule has 0 bridgehead atoms. The van der Waals surface area contributed by atoms with E-state index in [1.165, 1.54) is 55.5 Å². The minimum Gasteiger partial charge on any atom is -0.223 e. The Bertz CT molecular complexity index is 2050. The highest BCUT2D eigenvalue weighted by molar-refractivity contribution is 8.06. The van der Waals surface area contributed by atoms with Gasteiger partial charge >= 0.3 is 17.8 Å². The van der Waals surface area contributed by atoms with Gasteiger partial charge in [-0.3, -0.25) is 0 Å². The highest BCUT2D eigenvalue weighted by atomic mass is 32.2. The fourth-order valence-corrected chi connectivity index (χ4v) is 15.1. The number of fused-ring (bicyclic) bond motifs is 4. The Morgan fingerprint density at radius 2 is 0.935 bits per heavy atom. The summed E-state index contributed by atoms with van der Waals surface area (Å²) >= 11 is 0. The van der Waals surface area contributed by atoms with Gasteiger partial charge in [0.05, 0.1) is 9.81 Å². The van der Waals surface area contributed by atoms with E-state index in [9.17, 15) is 0 Å². The molecule has 2 unspecified atom stereocenters. The van der Waals surface area contributed by atoms with Gasteiger partial charge in [-0.2, -0.15) is 26.3 Å². The van der Waals surface area contributed by atoms with Crippen molar-refractivity contribution in [2.45, 2.75) is 81.6 Å². The van der Waals surface area contributed by atoms with Crippen LogP contribution in [0.1, 0.15) is 65.5 Å². The van der Waals surface area contributed by atoms with E-state index in [0.29, 0.717) is 0 Å². The van der Waals surface area contributed by atoms with Crippen molar-refractivity contribution in [3.05, 3.63) is 105 Å². The minimum absolute atomic E-state index is 0.00618. The molecule has 2 aromatic rings. The smallest absolute Gasteiger partial charge is 0.223 e. The SMILES string of the molecule is CCC12C(=C3C(=C4C(C)=C(c5ccccc5)S(=O)(=O)C41CC(C)(C)C)C(F)(F)C(F)(F)C3(F)F)C(C)=C(c1ccccc1)S2(=O)=O. The fraction of sp³-hybridized carbons (Fsp3) is 0.412. The maximum Gasteiger partial charge on any atom is 0.380 e. The van der Waals surface area contributed by atoms with Crippen molar-refractivity contribution in [3.8, 4) is 0 Å². The van der Waals surface area contributed by atoms with E-state index in [1.807, 2.05) is 0 Å². The molecule has 0 spiro atoms. The molecule has 2 atom stereocenters. The van der Waals surface area contributed by atoms with Crippen LogP contribution in [0.15, 0.2) is 94.1 Å². The number of allylic oxidation sites excluding steroid dienone is 4. The molecule has 0 radical (unpaired) electrons. The van der Waals surface area contributed by atoms with Gasteiger partial charge in [0.25, 0.3) is 0 Å². The first-order chi connectivity index (χ1) is 21.0. The second-order valence-electron chi connectivity index (χ2n) is 13.6. The average Bonchev–Trinajstić information content (AvgIpc) is 3.29. The molecule has 0 N–H and O–H groups in total. The van der Waals surface area contributed by atoms with Crippen LogP contribution in [0.25, 0.3) is 9.81 Å². The van der Waals surface area contributed by atoms with E-state index in [2.05, 4.69) is 0 Å². The molecule has 0 amide bonds. The Labute approximate surface area is 264 Å². The monoisotopic (exact) mass is 682 g/mol. The lowest BCUT2D eigenvalue weighted by Crippen LogP contribution is -2.65. The van der Waals surface area contributed by atoms with Crippen LogP contribution in [0.5, 0.6) is 0 Å². The minimum atomic E-state index is -6.00. The molecule has 4 nitrogen and oxygen atoms in total. The molecule has 4 aliphatic rings. The van der Waals surface area contributed by atoms with Gasteiger partial charge in [-0.15, -0.1) is 0 Å². The number of alkyl halides is 6. The quantitative estimate of drug-likeness (QED) is 0.303. The first-order valence-corrected chi connectivity index (χ1v) is 17.7. The van der Waals surface area contributed by atoms with Gasteiger partial charge < -0.3 is 0 Å². The van der Waals surface area contributed by atoms with Crippen molar-refractivity contribution >= 4 is 29.5 Å². The van der Waals surface area contributed by atoms with Crippen LogP contribution >= 0.6 is 0 Å². The zero-order valence-electron chi connectivity index (χ0n) is 25.9. The van der Waals surface area contributed by atoms with Gasteiger partial charge in [0.1, 0.15) is 9.49 Å². The summed E-state index contributed by atoms with van der Waals surface area (Å²) in [4.78, 5) is -1.11. The molecule has 1 fully saturated rings. The lowest BCUT2D eigenvalue weighted by molar-refractivity contribution is -0.258. The molecule has 0 aromatic heterocycles. The topological polar surface area (TPSA) is 68.3 Å². The van der Waals surface area contributed by atoms with Gasteiger partial charge in [0.2, 0.25) is 0 Å². The highest BCUT2D eigenvalue weighted by Gasteiger charge is 2.88. The molecule has 2 aliphatic carbocycles. The molecule has 12 heteroatoms. The van der Waals surface area contributed by atoms with Gasteiger partial charge in [0, 0.05) is 11.1 Å². The lowest BCUT2D eigenvalue weighted by Gasteiger charge is -2.52. The number of halogens is 6. The summed E-state index contributed by atoms with van der Waals surface area (Å²) in [5.41, 5.74) is -7.64. The predicted molar refractivity (Wildman–Crippen MR) is 165 cm³/mol. The molecule has 246 valence electrons. The normalized spacial score (nSPS) is 30.1. The first kappa shape index (κ1) is 32.8. The van der Waals surface area contributed by atoms with Gasteiger partial charge in [-0.1, -0.05) is 88.4 Å². The van der Waals surface area contributed by atoms with Crippen LogP contribution in [0.2, 0.25) is 0 Å². The van der Waals surface area contributed by atoms with E-state index >= 15 is 43.2 Å². The van der Waals surface area contributed by atoms with E-state index in [-0.39, 0.29) is 11.1 Å².